The topological polar surface area (TPSA) is 196 Å². The van der Waals surface area contributed by atoms with Crippen LogP contribution in [-0.2, 0) is 23.7 Å². The Morgan fingerprint density at radius 2 is 1.51 bits per heavy atom. The van der Waals surface area contributed by atoms with Gasteiger partial charge in [-0.1, -0.05) is 60.1 Å². The lowest BCUT2D eigenvalue weighted by molar-refractivity contribution is -0.367. The summed E-state index contributed by atoms with van der Waals surface area (Å²) in [5.41, 5.74) is 0.450. The fourth-order valence-corrected chi connectivity index (χ4v) is 13.4. The lowest BCUT2D eigenvalue weighted by Crippen LogP contribution is -2.66. The minimum Gasteiger partial charge on any atom is -0.481 e. The average Bonchev–Trinajstić information content (AvgIpc) is 3.08. The molecule has 0 bridgehead atoms. The Morgan fingerprint density at radius 3 is 2.19 bits per heavy atom. The summed E-state index contributed by atoms with van der Waals surface area (Å²) in [6, 6.07) is 0. The number of carbonyl (C=O) groups is 1. The van der Waals surface area contributed by atoms with Crippen molar-refractivity contribution < 1.29 is 59.5 Å². The number of rotatable bonds is 6. The summed E-state index contributed by atoms with van der Waals surface area (Å²) in [6.07, 6.45) is -1.79. The first-order valence-corrected chi connectivity index (χ1v) is 20.2. The van der Waals surface area contributed by atoms with E-state index in [2.05, 4.69) is 54.5 Å². The Bertz CT molecular complexity index is 1430. The number of aliphatic hydroxyl groups excluding tert-OH is 6. The third-order valence-corrected chi connectivity index (χ3v) is 16.9. The molecule has 7 rings (SSSR count). The van der Waals surface area contributed by atoms with Crippen LogP contribution in [0.5, 0.6) is 0 Å². The Balaban J connectivity index is 1.13. The lowest BCUT2D eigenvalue weighted by atomic mass is 9.33. The summed E-state index contributed by atoms with van der Waals surface area (Å²) in [6.45, 7) is 15.7. The van der Waals surface area contributed by atoms with Crippen LogP contribution in [0.2, 0.25) is 0 Å². The lowest BCUT2D eigenvalue weighted by Gasteiger charge is -2.71. The van der Waals surface area contributed by atoms with Crippen LogP contribution in [0, 0.1) is 50.2 Å². The zero-order valence-electron chi connectivity index (χ0n) is 32.7. The predicted octanol–water partition coefficient (Wildman–Crippen LogP) is 3.52. The van der Waals surface area contributed by atoms with Gasteiger partial charge in [0.05, 0.1) is 24.7 Å². The van der Waals surface area contributed by atoms with E-state index in [0.717, 1.165) is 64.2 Å². The van der Waals surface area contributed by atoms with E-state index in [-0.39, 0.29) is 45.7 Å². The molecule has 5 aliphatic carbocycles. The van der Waals surface area contributed by atoms with Gasteiger partial charge in [-0.2, -0.15) is 0 Å². The predicted molar refractivity (Wildman–Crippen MR) is 192 cm³/mol. The van der Waals surface area contributed by atoms with Crippen molar-refractivity contribution in [1.82, 2.24) is 0 Å². The van der Waals surface area contributed by atoms with E-state index >= 15 is 0 Å². The second-order valence-corrected chi connectivity index (χ2v) is 20.2. The van der Waals surface area contributed by atoms with E-state index < -0.39 is 73.3 Å². The van der Waals surface area contributed by atoms with Gasteiger partial charge in [0, 0.05) is 0 Å². The summed E-state index contributed by atoms with van der Waals surface area (Å²) in [5.74, 6) is 0.147. The Labute approximate surface area is 314 Å². The number of hydrogen-bond donors (Lipinski definition) is 7. The standard InChI is InChI=1S/C41H66O12/c1-36(2)14-16-41(35(48)49)17-15-39(6)21(22(41)18-36)8-9-26-38(5)12-11-27(37(3,4)25(38)10-13-40(26,39)7)52-34-32(28(44)23(43)20-50-34)53-33-31(47)30(46)29(45)24(19-42)51-33/h8,22-34,42-47H,9-20H2,1-7H3,(H,48,49)/t22?,23?,24?,25?,26?,27-,28?,29?,30?,31?,32?,33?,34?,38-,39-,40+,41-/m0/s1. The zero-order chi connectivity index (χ0) is 38.7. The average molecular weight is 751 g/mol. The maximum absolute atomic E-state index is 13.0. The van der Waals surface area contributed by atoms with Gasteiger partial charge in [0.15, 0.2) is 12.6 Å². The van der Waals surface area contributed by atoms with Gasteiger partial charge >= 0.3 is 5.97 Å². The fraction of sp³-hybridized carbons (Fsp3) is 0.927. The van der Waals surface area contributed by atoms with Crippen LogP contribution in [0.25, 0.3) is 0 Å². The van der Waals surface area contributed by atoms with Crippen LogP contribution in [-0.4, -0.2) is 116 Å². The minimum atomic E-state index is -1.69. The SMILES string of the molecule is CC1(C)CC[C@]2(C(=O)O)CC[C@@]3(C)C(=CCC4[C@@]5(C)CC[C@H](OC6OCC(O)C(O)C6OC6OC(CO)C(O)C(O)C6O)C(C)(C)C5CC[C@]43C)C2C1. The highest BCUT2D eigenvalue weighted by molar-refractivity contribution is 5.76. The van der Waals surface area contributed by atoms with Crippen LogP contribution in [0.3, 0.4) is 0 Å². The van der Waals surface area contributed by atoms with Crippen molar-refractivity contribution in [2.24, 2.45) is 50.2 Å². The maximum atomic E-state index is 13.0. The summed E-state index contributed by atoms with van der Waals surface area (Å²) in [7, 11) is 0. The minimum absolute atomic E-state index is 0.00935. The highest BCUT2D eigenvalue weighted by atomic mass is 16.8. The van der Waals surface area contributed by atoms with Crippen molar-refractivity contribution in [2.75, 3.05) is 13.2 Å². The Hall–Kier alpha value is -1.19. The molecule has 0 aromatic heterocycles. The van der Waals surface area contributed by atoms with E-state index in [9.17, 15) is 40.5 Å². The van der Waals surface area contributed by atoms with Crippen molar-refractivity contribution in [2.45, 2.75) is 174 Å². The molecule has 2 saturated heterocycles. The van der Waals surface area contributed by atoms with E-state index in [0.29, 0.717) is 11.8 Å². The molecular weight excluding hydrogens is 684 g/mol. The molecule has 12 unspecified atom stereocenters. The summed E-state index contributed by atoms with van der Waals surface area (Å²) in [4.78, 5) is 13.0. The van der Waals surface area contributed by atoms with E-state index in [1.807, 2.05) is 0 Å². The first kappa shape index (κ1) is 40.0. The van der Waals surface area contributed by atoms with Crippen molar-refractivity contribution >= 4 is 5.97 Å². The van der Waals surface area contributed by atoms with Gasteiger partial charge in [-0.05, 0) is 109 Å². The van der Waals surface area contributed by atoms with E-state index in [4.69, 9.17) is 18.9 Å². The number of ether oxygens (including phenoxy) is 4. The number of carboxylic acids is 1. The second-order valence-electron chi connectivity index (χ2n) is 20.2. The number of hydrogen-bond acceptors (Lipinski definition) is 11. The quantitative estimate of drug-likeness (QED) is 0.155. The normalized spacial score (nSPS) is 53.3. The second kappa shape index (κ2) is 13.5. The molecule has 0 spiro atoms. The number of fused-ring (bicyclic) bond motifs is 7. The molecule has 7 aliphatic rings. The molecule has 4 saturated carbocycles. The number of aliphatic carboxylic acids is 1. The maximum Gasteiger partial charge on any atom is 0.310 e. The van der Waals surface area contributed by atoms with E-state index in [1.54, 1.807) is 0 Å². The van der Waals surface area contributed by atoms with Gasteiger partial charge in [-0.25, -0.2) is 0 Å². The van der Waals surface area contributed by atoms with Gasteiger partial charge < -0.3 is 54.7 Å². The monoisotopic (exact) mass is 750 g/mol. The number of aliphatic hydroxyl groups is 6. The van der Waals surface area contributed by atoms with Crippen LogP contribution < -0.4 is 0 Å². The van der Waals surface area contributed by atoms with Gasteiger partial charge in [0.2, 0.25) is 0 Å². The molecule has 6 fully saturated rings. The molecule has 53 heavy (non-hydrogen) atoms. The molecule has 2 aliphatic heterocycles. The Kier molecular flexibility index (Phi) is 10.2. The number of carboxylic acid groups (broad SMARTS) is 1. The molecule has 7 N–H and O–H groups in total. The highest BCUT2D eigenvalue weighted by Gasteiger charge is 2.69. The van der Waals surface area contributed by atoms with Gasteiger partial charge in [0.1, 0.15) is 42.7 Å². The van der Waals surface area contributed by atoms with Crippen LogP contribution in [0.15, 0.2) is 11.6 Å². The molecular formula is C41H66O12. The molecule has 0 aromatic rings. The summed E-state index contributed by atoms with van der Waals surface area (Å²) in [5, 5.41) is 73.3. The third-order valence-electron chi connectivity index (χ3n) is 16.9. The smallest absolute Gasteiger partial charge is 0.310 e. The zero-order valence-corrected chi connectivity index (χ0v) is 32.7. The van der Waals surface area contributed by atoms with Crippen LogP contribution >= 0.6 is 0 Å². The molecule has 302 valence electrons. The molecule has 0 amide bonds. The first-order valence-electron chi connectivity index (χ1n) is 20.2. The fourth-order valence-electron chi connectivity index (χ4n) is 13.4. The largest absolute Gasteiger partial charge is 0.481 e. The van der Waals surface area contributed by atoms with Crippen LogP contribution in [0.1, 0.15) is 113 Å². The molecule has 0 aromatic carbocycles. The van der Waals surface area contributed by atoms with Crippen molar-refractivity contribution in [3.63, 3.8) is 0 Å². The molecule has 17 atom stereocenters. The third kappa shape index (κ3) is 5.94. The molecule has 12 heteroatoms. The molecule has 12 nitrogen and oxygen atoms in total. The Morgan fingerprint density at radius 1 is 0.811 bits per heavy atom. The molecule has 0 radical (unpaired) electrons. The van der Waals surface area contributed by atoms with Crippen molar-refractivity contribution in [1.29, 1.82) is 0 Å². The van der Waals surface area contributed by atoms with Crippen molar-refractivity contribution in [3.8, 4) is 0 Å². The van der Waals surface area contributed by atoms with Crippen LogP contribution in [0.4, 0.5) is 0 Å². The number of allylic oxidation sites excluding steroid dienone is 2. The van der Waals surface area contributed by atoms with Gasteiger partial charge in [-0.3, -0.25) is 4.79 Å². The van der Waals surface area contributed by atoms with E-state index in [1.165, 1.54) is 5.57 Å². The van der Waals surface area contributed by atoms with Gasteiger partial charge in [0.25, 0.3) is 0 Å². The molecule has 2 heterocycles. The highest BCUT2D eigenvalue weighted by Crippen LogP contribution is 2.76. The van der Waals surface area contributed by atoms with Crippen molar-refractivity contribution in [3.05, 3.63) is 11.6 Å². The van der Waals surface area contributed by atoms with Gasteiger partial charge in [-0.15, -0.1) is 0 Å². The first-order chi connectivity index (χ1) is 24.7. The summed E-state index contributed by atoms with van der Waals surface area (Å²) < 4.78 is 24.3. The summed E-state index contributed by atoms with van der Waals surface area (Å²) >= 11 is 0.